The molecule has 0 spiro atoms. The van der Waals surface area contributed by atoms with Crippen molar-refractivity contribution in [3.05, 3.63) is 28.3 Å². The smallest absolute Gasteiger partial charge is 0.273 e. The van der Waals surface area contributed by atoms with E-state index in [-0.39, 0.29) is 34.8 Å². The number of hydrogen-bond acceptors (Lipinski definition) is 6. The lowest BCUT2D eigenvalue weighted by atomic mass is 10.1. The Morgan fingerprint density at radius 3 is 2.52 bits per heavy atom. The molecule has 0 aliphatic carbocycles. The molecule has 2 rings (SSSR count). The molecule has 1 aliphatic rings. The molecule has 1 heterocycles. The molecule has 0 atom stereocenters. The summed E-state index contributed by atoms with van der Waals surface area (Å²) < 4.78 is 32.9. The van der Waals surface area contributed by atoms with Gasteiger partial charge in [0, 0.05) is 18.7 Å². The number of ether oxygens (including phenoxy) is 1. The van der Waals surface area contributed by atoms with Crippen molar-refractivity contribution in [3.8, 4) is 5.75 Å². The maximum atomic E-state index is 13.1. The predicted molar refractivity (Wildman–Crippen MR) is 97.0 cm³/mol. The Hall–Kier alpha value is -1.42. The molecule has 8 nitrogen and oxygen atoms in total. The first-order valence-corrected chi connectivity index (χ1v) is 9.40. The van der Waals surface area contributed by atoms with Gasteiger partial charge in [-0.3, -0.25) is 10.1 Å². The minimum Gasteiger partial charge on any atom is -0.495 e. The Kier molecular flexibility index (Phi) is 8.07. The van der Waals surface area contributed by atoms with Gasteiger partial charge < -0.3 is 10.1 Å². The van der Waals surface area contributed by atoms with Gasteiger partial charge in [-0.05, 0) is 38.4 Å². The average Bonchev–Trinajstić information content (AvgIpc) is 2.59. The van der Waals surface area contributed by atoms with E-state index in [0.717, 1.165) is 32.0 Å². The van der Waals surface area contributed by atoms with Crippen molar-refractivity contribution in [1.29, 1.82) is 0 Å². The molecule has 1 aromatic rings. The van der Waals surface area contributed by atoms with Crippen molar-refractivity contribution in [2.75, 3.05) is 26.7 Å². The Morgan fingerprint density at radius 2 is 2.00 bits per heavy atom. The topological polar surface area (TPSA) is 102 Å². The van der Waals surface area contributed by atoms with Crippen LogP contribution in [0.1, 0.15) is 26.2 Å². The number of non-ortho nitro benzene ring substituents is 1. The van der Waals surface area contributed by atoms with Crippen molar-refractivity contribution in [2.24, 2.45) is 0 Å². The average molecular weight is 394 g/mol. The lowest BCUT2D eigenvalue weighted by molar-refractivity contribution is -0.385. The number of sulfonamides is 1. The standard InChI is InChI=1S/C15H23N3O5S.ClH/c1-3-10-17(12-6-8-16-9-7-12)24(21,22)15-5-4-13(18(19)20)11-14(15)23-2;/h4-5,11-12,16H,3,6-10H2,1-2H3;1H. The first kappa shape index (κ1) is 21.6. The maximum absolute atomic E-state index is 13.1. The van der Waals surface area contributed by atoms with Gasteiger partial charge in [0.2, 0.25) is 10.0 Å². The number of nitro benzene ring substituents is 1. The van der Waals surface area contributed by atoms with Gasteiger partial charge in [-0.25, -0.2) is 8.42 Å². The zero-order valence-electron chi connectivity index (χ0n) is 14.3. The SMILES string of the molecule is CCCN(C1CCNCC1)S(=O)(=O)c1ccc([N+](=O)[O-])cc1OC.Cl. The predicted octanol–water partition coefficient (Wildman–Crippen LogP) is 2.18. The molecule has 0 unspecified atom stereocenters. The van der Waals surface area contributed by atoms with Crippen LogP contribution in [0.2, 0.25) is 0 Å². The zero-order chi connectivity index (χ0) is 17.7. The Labute approximate surface area is 154 Å². The fraction of sp³-hybridized carbons (Fsp3) is 0.600. The highest BCUT2D eigenvalue weighted by atomic mass is 35.5. The fourth-order valence-corrected chi connectivity index (χ4v) is 4.84. The summed E-state index contributed by atoms with van der Waals surface area (Å²) in [6, 6.07) is 3.54. The maximum Gasteiger partial charge on any atom is 0.273 e. The summed E-state index contributed by atoms with van der Waals surface area (Å²) in [5, 5.41) is 14.1. The van der Waals surface area contributed by atoms with Crippen LogP contribution in [-0.4, -0.2) is 50.4 Å². The van der Waals surface area contributed by atoms with E-state index in [2.05, 4.69) is 5.32 Å². The molecule has 1 aromatic carbocycles. The van der Waals surface area contributed by atoms with Gasteiger partial charge in [0.1, 0.15) is 10.6 Å². The van der Waals surface area contributed by atoms with Crippen LogP contribution < -0.4 is 10.1 Å². The number of methoxy groups -OCH3 is 1. The Bertz CT molecular complexity index is 692. The van der Waals surface area contributed by atoms with E-state index in [1.165, 1.54) is 23.5 Å². The molecule has 0 bridgehead atoms. The molecular formula is C15H24ClN3O5S. The van der Waals surface area contributed by atoms with Crippen molar-refractivity contribution in [3.63, 3.8) is 0 Å². The summed E-state index contributed by atoms with van der Waals surface area (Å²) >= 11 is 0. The highest BCUT2D eigenvalue weighted by Crippen LogP contribution is 2.32. The van der Waals surface area contributed by atoms with Crippen LogP contribution in [0.4, 0.5) is 5.69 Å². The second-order valence-electron chi connectivity index (χ2n) is 5.69. The van der Waals surface area contributed by atoms with E-state index in [4.69, 9.17) is 4.74 Å². The molecule has 1 saturated heterocycles. The molecule has 0 radical (unpaired) electrons. The molecule has 1 fully saturated rings. The van der Waals surface area contributed by atoms with Gasteiger partial charge in [-0.1, -0.05) is 6.92 Å². The van der Waals surface area contributed by atoms with Crippen LogP contribution in [-0.2, 0) is 10.0 Å². The summed E-state index contributed by atoms with van der Waals surface area (Å²) in [6.07, 6.45) is 2.18. The molecule has 0 saturated carbocycles. The highest BCUT2D eigenvalue weighted by molar-refractivity contribution is 7.89. The van der Waals surface area contributed by atoms with Crippen LogP contribution in [0.25, 0.3) is 0 Å². The highest BCUT2D eigenvalue weighted by Gasteiger charge is 2.34. The van der Waals surface area contributed by atoms with E-state index in [1.54, 1.807) is 0 Å². The van der Waals surface area contributed by atoms with Crippen LogP contribution in [0.3, 0.4) is 0 Å². The summed E-state index contributed by atoms with van der Waals surface area (Å²) in [4.78, 5) is 10.3. The summed E-state index contributed by atoms with van der Waals surface area (Å²) in [6.45, 7) is 3.89. The summed E-state index contributed by atoms with van der Waals surface area (Å²) in [5.74, 6) is -0.000706. The minimum absolute atomic E-state index is 0. The quantitative estimate of drug-likeness (QED) is 0.562. The molecule has 0 aromatic heterocycles. The molecule has 25 heavy (non-hydrogen) atoms. The number of nitro groups is 1. The number of piperidine rings is 1. The van der Waals surface area contributed by atoms with E-state index in [0.29, 0.717) is 13.0 Å². The van der Waals surface area contributed by atoms with Gasteiger partial charge in [0.25, 0.3) is 5.69 Å². The van der Waals surface area contributed by atoms with Gasteiger partial charge in [0.15, 0.2) is 0 Å². The number of halogens is 1. The molecule has 10 heteroatoms. The lowest BCUT2D eigenvalue weighted by Crippen LogP contribution is -2.46. The number of nitrogens with zero attached hydrogens (tertiary/aromatic N) is 2. The van der Waals surface area contributed by atoms with Crippen molar-refractivity contribution < 1.29 is 18.1 Å². The van der Waals surface area contributed by atoms with E-state index in [9.17, 15) is 18.5 Å². The van der Waals surface area contributed by atoms with Gasteiger partial charge in [-0.15, -0.1) is 12.4 Å². The second kappa shape index (κ2) is 9.33. The summed E-state index contributed by atoms with van der Waals surface area (Å²) in [7, 11) is -2.48. The van der Waals surface area contributed by atoms with E-state index < -0.39 is 14.9 Å². The molecule has 1 N–H and O–H groups in total. The van der Waals surface area contributed by atoms with Crippen LogP contribution >= 0.6 is 12.4 Å². The first-order chi connectivity index (χ1) is 11.4. The third kappa shape index (κ3) is 4.81. The molecule has 0 amide bonds. The Morgan fingerprint density at radius 1 is 1.36 bits per heavy atom. The van der Waals surface area contributed by atoms with Gasteiger partial charge >= 0.3 is 0 Å². The number of nitrogens with one attached hydrogen (secondary N) is 1. The van der Waals surface area contributed by atoms with Crippen molar-refractivity contribution in [1.82, 2.24) is 9.62 Å². The molecular weight excluding hydrogens is 370 g/mol. The zero-order valence-corrected chi connectivity index (χ0v) is 15.9. The lowest BCUT2D eigenvalue weighted by Gasteiger charge is -2.33. The second-order valence-corrected chi connectivity index (χ2v) is 7.55. The van der Waals surface area contributed by atoms with Gasteiger partial charge in [0.05, 0.1) is 18.1 Å². The van der Waals surface area contributed by atoms with Gasteiger partial charge in [-0.2, -0.15) is 4.31 Å². The third-order valence-corrected chi connectivity index (χ3v) is 6.10. The molecule has 1 aliphatic heterocycles. The third-order valence-electron chi connectivity index (χ3n) is 4.10. The number of benzene rings is 1. The summed E-state index contributed by atoms with van der Waals surface area (Å²) in [5.41, 5.74) is -0.199. The molecule has 142 valence electrons. The van der Waals surface area contributed by atoms with Crippen molar-refractivity contribution in [2.45, 2.75) is 37.1 Å². The number of hydrogen-bond donors (Lipinski definition) is 1. The van der Waals surface area contributed by atoms with E-state index in [1.807, 2.05) is 6.92 Å². The normalized spacial score (nSPS) is 15.6. The largest absolute Gasteiger partial charge is 0.495 e. The first-order valence-electron chi connectivity index (χ1n) is 7.96. The van der Waals surface area contributed by atoms with Crippen LogP contribution in [0.5, 0.6) is 5.75 Å². The van der Waals surface area contributed by atoms with Crippen molar-refractivity contribution >= 4 is 28.1 Å². The monoisotopic (exact) mass is 393 g/mol. The van der Waals surface area contributed by atoms with E-state index >= 15 is 0 Å². The van der Waals surface area contributed by atoms with Crippen LogP contribution in [0.15, 0.2) is 23.1 Å². The van der Waals surface area contributed by atoms with Crippen LogP contribution in [0, 0.1) is 10.1 Å². The fourth-order valence-electron chi connectivity index (χ4n) is 2.92. The number of rotatable bonds is 7. The minimum atomic E-state index is -3.79. The Balaban J connectivity index is 0.00000312.